The highest BCUT2D eigenvalue weighted by Gasteiger charge is 2.40. The molecule has 2 aliphatic heterocycles. The van der Waals surface area contributed by atoms with Crippen LogP contribution in [-0.4, -0.2) is 30.2 Å². The molecule has 4 nitrogen and oxygen atoms in total. The van der Waals surface area contributed by atoms with Crippen LogP contribution in [0, 0.1) is 11.8 Å². The summed E-state index contributed by atoms with van der Waals surface area (Å²) in [6.07, 6.45) is 8.20. The summed E-state index contributed by atoms with van der Waals surface area (Å²) >= 11 is 0. The molecule has 2 bridgehead atoms. The molecule has 1 N–H and O–H groups in total. The molecule has 5 aliphatic rings. The normalized spacial score (nSPS) is 25.5. The minimum atomic E-state index is -0.129. The number of nitrogens with one attached hydrogen (secondary N) is 1. The molecule has 0 saturated heterocycles. The van der Waals surface area contributed by atoms with Gasteiger partial charge in [-0.1, -0.05) is 109 Å². The maximum absolute atomic E-state index is 13.2. The molecule has 2 heterocycles. The number of ether oxygens (including phenoxy) is 1. The summed E-state index contributed by atoms with van der Waals surface area (Å²) in [7, 11) is 0. The number of amides is 1. The van der Waals surface area contributed by atoms with Gasteiger partial charge in [0, 0.05) is 13.1 Å². The Kier molecular flexibility index (Phi) is 8.29. The highest BCUT2D eigenvalue weighted by Crippen LogP contribution is 2.43. The second-order valence-corrected chi connectivity index (χ2v) is 12.6. The zero-order valence-corrected chi connectivity index (χ0v) is 24.9. The Morgan fingerprint density at radius 2 is 1.28 bits per heavy atom. The molecule has 4 aromatic carbocycles. The Morgan fingerprint density at radius 3 is 1.95 bits per heavy atom. The summed E-state index contributed by atoms with van der Waals surface area (Å²) in [6.45, 7) is 1.78. The molecule has 3 aliphatic carbocycles. The fourth-order valence-electron chi connectivity index (χ4n) is 7.86. The van der Waals surface area contributed by atoms with E-state index in [0.717, 1.165) is 43.8 Å². The van der Waals surface area contributed by atoms with Crippen molar-refractivity contribution in [2.24, 2.45) is 11.8 Å². The Labute approximate surface area is 256 Å². The van der Waals surface area contributed by atoms with Gasteiger partial charge in [0.25, 0.3) is 0 Å². The van der Waals surface area contributed by atoms with Crippen molar-refractivity contribution >= 4 is 6.09 Å². The summed E-state index contributed by atoms with van der Waals surface area (Å²) in [5.41, 5.74) is 8.00. The smallest absolute Gasteiger partial charge is 0.410 e. The summed E-state index contributed by atoms with van der Waals surface area (Å²) in [5, 5.41) is 3.59. The molecule has 0 aromatic heterocycles. The first-order chi connectivity index (χ1) is 21.2. The molecule has 4 heteroatoms. The minimum Gasteiger partial charge on any atom is -0.446 e. The van der Waals surface area contributed by atoms with Crippen molar-refractivity contribution in [3.05, 3.63) is 143 Å². The lowest BCUT2D eigenvalue weighted by Crippen LogP contribution is -2.45. The Morgan fingerprint density at radius 1 is 0.674 bits per heavy atom. The molecule has 1 unspecified atom stereocenters. The van der Waals surface area contributed by atoms with Crippen molar-refractivity contribution in [1.82, 2.24) is 10.2 Å². The predicted octanol–water partition coefficient (Wildman–Crippen LogP) is 8.27. The van der Waals surface area contributed by atoms with Crippen molar-refractivity contribution in [2.75, 3.05) is 13.1 Å². The number of rotatable bonds is 3. The van der Waals surface area contributed by atoms with Crippen LogP contribution in [0.4, 0.5) is 4.79 Å². The molecule has 43 heavy (non-hydrogen) atoms. The molecule has 3 saturated carbocycles. The largest absolute Gasteiger partial charge is 0.446 e. The summed E-state index contributed by atoms with van der Waals surface area (Å²) in [4.78, 5) is 15.2. The zero-order valence-electron chi connectivity index (χ0n) is 24.9. The fraction of sp³-hybridized carbons (Fsp3) is 0.359. The number of carbonyl (C=O) groups excluding carboxylic acids is 1. The van der Waals surface area contributed by atoms with E-state index in [1.54, 1.807) is 0 Å². The second-order valence-electron chi connectivity index (χ2n) is 12.6. The summed E-state index contributed by atoms with van der Waals surface area (Å²) < 4.78 is 6.12. The van der Waals surface area contributed by atoms with Crippen LogP contribution in [0.15, 0.2) is 109 Å². The lowest BCUT2D eigenvalue weighted by Gasteiger charge is -2.43. The SMILES string of the molecule is O=C(OC1CC2CCC1CC2)N1CCc2ccccc2[C@@H]1c1ccccc1.c1ccc([C@@H]2NCCc3ccccc32)cc1. The quantitative estimate of drug-likeness (QED) is 0.270. The van der Waals surface area contributed by atoms with Crippen molar-refractivity contribution in [3.63, 3.8) is 0 Å². The number of benzene rings is 4. The second kappa shape index (κ2) is 12.8. The van der Waals surface area contributed by atoms with Crippen LogP contribution in [0.3, 0.4) is 0 Å². The van der Waals surface area contributed by atoms with Crippen molar-refractivity contribution in [3.8, 4) is 0 Å². The third-order valence-corrected chi connectivity index (χ3v) is 10.1. The van der Waals surface area contributed by atoms with Crippen LogP contribution in [-0.2, 0) is 17.6 Å². The van der Waals surface area contributed by atoms with Gasteiger partial charge in [-0.25, -0.2) is 4.79 Å². The number of carbonyl (C=O) groups is 1. The lowest BCUT2D eigenvalue weighted by molar-refractivity contribution is -0.0297. The van der Waals surface area contributed by atoms with Gasteiger partial charge in [0.1, 0.15) is 6.10 Å². The van der Waals surface area contributed by atoms with E-state index in [9.17, 15) is 4.79 Å². The number of hydrogen-bond donors (Lipinski definition) is 1. The molecule has 220 valence electrons. The van der Waals surface area contributed by atoms with Crippen LogP contribution in [0.2, 0.25) is 0 Å². The van der Waals surface area contributed by atoms with Gasteiger partial charge in [-0.15, -0.1) is 0 Å². The van der Waals surface area contributed by atoms with Gasteiger partial charge in [0.15, 0.2) is 0 Å². The van der Waals surface area contributed by atoms with Crippen LogP contribution in [0.5, 0.6) is 0 Å². The molecule has 1 amide bonds. The van der Waals surface area contributed by atoms with Gasteiger partial charge in [-0.05, 0) is 90.2 Å². The van der Waals surface area contributed by atoms with Crippen LogP contribution >= 0.6 is 0 Å². The van der Waals surface area contributed by atoms with Gasteiger partial charge in [0.05, 0.1) is 12.1 Å². The topological polar surface area (TPSA) is 41.6 Å². The van der Waals surface area contributed by atoms with Gasteiger partial charge >= 0.3 is 6.09 Å². The van der Waals surface area contributed by atoms with Crippen LogP contribution in [0.1, 0.15) is 77.6 Å². The lowest BCUT2D eigenvalue weighted by atomic mass is 9.69. The first-order valence-electron chi connectivity index (χ1n) is 16.2. The maximum Gasteiger partial charge on any atom is 0.410 e. The molecule has 0 radical (unpaired) electrons. The molecule has 9 rings (SSSR count). The van der Waals surface area contributed by atoms with Crippen LogP contribution in [0.25, 0.3) is 0 Å². The maximum atomic E-state index is 13.2. The van der Waals surface area contributed by atoms with E-state index < -0.39 is 0 Å². The van der Waals surface area contributed by atoms with E-state index in [1.807, 2.05) is 11.0 Å². The predicted molar refractivity (Wildman–Crippen MR) is 172 cm³/mol. The average molecular weight is 571 g/mol. The summed E-state index contributed by atoms with van der Waals surface area (Å²) in [5.74, 6) is 1.34. The molecular formula is C39H42N2O2. The number of hydrogen-bond acceptors (Lipinski definition) is 3. The van der Waals surface area contributed by atoms with E-state index in [2.05, 4.69) is 108 Å². The molecular weight excluding hydrogens is 528 g/mol. The van der Waals surface area contributed by atoms with E-state index >= 15 is 0 Å². The average Bonchev–Trinajstić information content (AvgIpc) is 3.09. The highest BCUT2D eigenvalue weighted by atomic mass is 16.6. The van der Waals surface area contributed by atoms with E-state index in [1.165, 1.54) is 53.5 Å². The van der Waals surface area contributed by atoms with Crippen molar-refractivity contribution in [2.45, 2.75) is 63.1 Å². The third kappa shape index (κ3) is 5.99. The van der Waals surface area contributed by atoms with Crippen molar-refractivity contribution in [1.29, 1.82) is 0 Å². The standard InChI is InChI=1S/C24H27NO2.C15H15N/c26-24(27-22-16-17-10-12-19(22)13-11-17)25-15-14-18-6-4-5-9-21(18)23(25)20-7-2-1-3-8-20;1-2-7-13(8-3-1)15-14-9-5-4-6-12(14)10-11-16-15/h1-9,17,19,22-23H,10-16H2;1-9,15-16H,10-11H2/t17?,19?,22?,23-;15-/m00/s1. The first-order valence-corrected chi connectivity index (χ1v) is 16.2. The van der Waals surface area contributed by atoms with Crippen molar-refractivity contribution < 1.29 is 9.53 Å². The summed E-state index contributed by atoms with van der Waals surface area (Å²) in [6, 6.07) is 38.6. The molecule has 4 aromatic rings. The van der Waals surface area contributed by atoms with Gasteiger partial charge in [-0.2, -0.15) is 0 Å². The third-order valence-electron chi connectivity index (χ3n) is 10.1. The van der Waals surface area contributed by atoms with E-state index in [-0.39, 0.29) is 18.2 Å². The van der Waals surface area contributed by atoms with Gasteiger partial charge < -0.3 is 10.1 Å². The zero-order chi connectivity index (χ0) is 29.0. The fourth-order valence-corrected chi connectivity index (χ4v) is 7.86. The monoisotopic (exact) mass is 570 g/mol. The number of nitrogens with zero attached hydrogens (tertiary/aromatic N) is 1. The van der Waals surface area contributed by atoms with E-state index in [0.29, 0.717) is 12.0 Å². The Hall–Kier alpha value is -3.89. The van der Waals surface area contributed by atoms with Gasteiger partial charge in [0.2, 0.25) is 0 Å². The number of fused-ring (bicyclic) bond motifs is 5. The minimum absolute atomic E-state index is 0.0515. The first kappa shape index (κ1) is 27.9. The van der Waals surface area contributed by atoms with E-state index in [4.69, 9.17) is 4.74 Å². The molecule has 0 spiro atoms. The van der Waals surface area contributed by atoms with Crippen LogP contribution < -0.4 is 5.32 Å². The van der Waals surface area contributed by atoms with Gasteiger partial charge in [-0.3, -0.25) is 4.90 Å². The Balaban J connectivity index is 0.000000160. The Bertz CT molecular complexity index is 1510. The highest BCUT2D eigenvalue weighted by molar-refractivity contribution is 5.70. The molecule has 3 fully saturated rings. The molecule has 3 atom stereocenters.